The molecule has 0 spiro atoms. The molecule has 1 aromatic carbocycles. The minimum atomic E-state index is -0.637. The third-order valence-corrected chi connectivity index (χ3v) is 5.23. The van der Waals surface area contributed by atoms with Crippen LogP contribution < -0.4 is 11.1 Å². The monoisotopic (exact) mass is 406 g/mol. The second kappa shape index (κ2) is 9.69. The van der Waals surface area contributed by atoms with Gasteiger partial charge in [-0.3, -0.25) is 4.79 Å². The van der Waals surface area contributed by atoms with Crippen LogP contribution in [0, 0.1) is 13.8 Å². The molecule has 4 N–H and O–H groups in total. The van der Waals surface area contributed by atoms with Crippen LogP contribution in [0.5, 0.6) is 0 Å². The maximum absolute atomic E-state index is 11.1. The van der Waals surface area contributed by atoms with Crippen molar-refractivity contribution in [2.24, 2.45) is 5.73 Å². The Labute approximate surface area is 177 Å². The Bertz CT molecular complexity index is 975. The number of hydrogen-bond donors (Lipinski definition) is 3. The predicted octanol–water partition coefficient (Wildman–Crippen LogP) is 2.77. The van der Waals surface area contributed by atoms with Crippen LogP contribution in [-0.4, -0.2) is 33.2 Å². The highest BCUT2D eigenvalue weighted by Crippen LogP contribution is 2.17. The molecule has 0 bridgehead atoms. The molecular weight excluding hydrogens is 376 g/mol. The first kappa shape index (κ1) is 21.7. The Kier molecular flexibility index (Phi) is 7.03. The summed E-state index contributed by atoms with van der Waals surface area (Å²) in [4.78, 5) is 15.6. The molecule has 0 saturated heterocycles. The molecule has 3 aromatic rings. The summed E-state index contributed by atoms with van der Waals surface area (Å²) in [5.74, 6) is 0.520. The van der Waals surface area contributed by atoms with Crippen molar-refractivity contribution in [2.45, 2.75) is 45.8 Å². The fraction of sp³-hybridized carbons (Fsp3) is 0.333. The number of hydrogen-bond acceptors (Lipinski definition) is 4. The van der Waals surface area contributed by atoms with E-state index in [1.54, 1.807) is 6.20 Å². The van der Waals surface area contributed by atoms with Crippen molar-refractivity contribution >= 4 is 5.91 Å². The van der Waals surface area contributed by atoms with Gasteiger partial charge in [0.1, 0.15) is 5.82 Å². The summed E-state index contributed by atoms with van der Waals surface area (Å²) >= 11 is 0. The maximum atomic E-state index is 11.1. The van der Waals surface area contributed by atoms with E-state index < -0.39 is 6.10 Å². The van der Waals surface area contributed by atoms with E-state index in [0.29, 0.717) is 6.54 Å². The molecular formula is C24H30N4O2. The minimum Gasteiger partial charge on any atom is -0.387 e. The molecule has 1 amide bonds. The number of aliphatic hydroxyl groups excluding tert-OH is 1. The molecule has 0 fully saturated rings. The van der Waals surface area contributed by atoms with Gasteiger partial charge < -0.3 is 20.7 Å². The third kappa shape index (κ3) is 5.55. The SMILES string of the molecule is Cc1ccc(C)n1-c1ccc([C@H](O)CN[C@H](C)Cc2cccc(CC(N)=O)c2)cn1. The zero-order chi connectivity index (χ0) is 21.7. The lowest BCUT2D eigenvalue weighted by Gasteiger charge is -2.18. The van der Waals surface area contributed by atoms with E-state index in [0.717, 1.165) is 40.3 Å². The summed E-state index contributed by atoms with van der Waals surface area (Å²) < 4.78 is 2.09. The van der Waals surface area contributed by atoms with E-state index in [1.165, 1.54) is 0 Å². The molecule has 2 heterocycles. The van der Waals surface area contributed by atoms with E-state index in [-0.39, 0.29) is 18.4 Å². The van der Waals surface area contributed by atoms with Crippen LogP contribution in [0.3, 0.4) is 0 Å². The zero-order valence-electron chi connectivity index (χ0n) is 17.8. The number of carbonyl (C=O) groups is 1. The number of aromatic nitrogens is 2. The first-order valence-corrected chi connectivity index (χ1v) is 10.2. The number of pyridine rings is 1. The Morgan fingerprint density at radius 1 is 1.13 bits per heavy atom. The van der Waals surface area contributed by atoms with Crippen molar-refractivity contribution in [1.29, 1.82) is 0 Å². The van der Waals surface area contributed by atoms with Crippen molar-refractivity contribution in [3.05, 3.63) is 82.8 Å². The summed E-state index contributed by atoms with van der Waals surface area (Å²) in [6, 6.07) is 16.0. The smallest absolute Gasteiger partial charge is 0.221 e. The summed E-state index contributed by atoms with van der Waals surface area (Å²) in [5.41, 5.74) is 10.4. The standard InChI is InChI=1S/C24H30N4O2/c1-16(11-19-5-4-6-20(12-19)13-23(25)30)26-15-22(29)21-9-10-24(27-14-21)28-17(2)7-8-18(28)3/h4-10,12,14,16,22,26,29H,11,13,15H2,1-3H3,(H2,25,30)/t16-,22-/m1/s1. The van der Waals surface area contributed by atoms with Gasteiger partial charge in [0.25, 0.3) is 0 Å². The summed E-state index contributed by atoms with van der Waals surface area (Å²) in [6.45, 7) is 6.61. The van der Waals surface area contributed by atoms with Gasteiger partial charge in [0.2, 0.25) is 5.91 Å². The van der Waals surface area contributed by atoms with Crippen LogP contribution >= 0.6 is 0 Å². The van der Waals surface area contributed by atoms with Gasteiger partial charge in [0.05, 0.1) is 12.5 Å². The van der Waals surface area contributed by atoms with Crippen LogP contribution in [-0.2, 0) is 17.6 Å². The highest BCUT2D eigenvalue weighted by molar-refractivity contribution is 5.76. The van der Waals surface area contributed by atoms with Crippen LogP contribution in [0.1, 0.15) is 41.1 Å². The zero-order valence-corrected chi connectivity index (χ0v) is 17.8. The third-order valence-electron chi connectivity index (χ3n) is 5.23. The fourth-order valence-corrected chi connectivity index (χ4v) is 3.68. The first-order chi connectivity index (χ1) is 14.3. The molecule has 6 heteroatoms. The van der Waals surface area contributed by atoms with Crippen molar-refractivity contribution in [3.8, 4) is 5.82 Å². The van der Waals surface area contributed by atoms with Crippen molar-refractivity contribution < 1.29 is 9.90 Å². The van der Waals surface area contributed by atoms with Crippen LogP contribution in [0.15, 0.2) is 54.7 Å². The lowest BCUT2D eigenvalue weighted by atomic mass is 10.0. The first-order valence-electron chi connectivity index (χ1n) is 10.2. The van der Waals surface area contributed by atoms with Gasteiger partial charge in [0, 0.05) is 35.7 Å². The van der Waals surface area contributed by atoms with Crippen molar-refractivity contribution in [2.75, 3.05) is 6.54 Å². The largest absolute Gasteiger partial charge is 0.387 e. The number of benzene rings is 1. The normalized spacial score (nSPS) is 13.2. The predicted molar refractivity (Wildman–Crippen MR) is 119 cm³/mol. The molecule has 0 unspecified atom stereocenters. The number of nitrogens with one attached hydrogen (secondary N) is 1. The number of rotatable bonds is 9. The lowest BCUT2D eigenvalue weighted by Crippen LogP contribution is -2.32. The second-order valence-corrected chi connectivity index (χ2v) is 7.89. The van der Waals surface area contributed by atoms with Gasteiger partial charge in [-0.1, -0.05) is 30.3 Å². The van der Waals surface area contributed by atoms with Gasteiger partial charge >= 0.3 is 0 Å². The van der Waals surface area contributed by atoms with E-state index in [1.807, 2.05) is 50.2 Å². The quantitative estimate of drug-likeness (QED) is 0.509. The Balaban J connectivity index is 1.55. The average molecular weight is 407 g/mol. The van der Waals surface area contributed by atoms with Crippen LogP contribution in [0.25, 0.3) is 5.82 Å². The average Bonchev–Trinajstić information content (AvgIpc) is 3.04. The number of nitrogens with two attached hydrogens (primary N) is 1. The number of primary amides is 1. The maximum Gasteiger partial charge on any atom is 0.221 e. The Morgan fingerprint density at radius 3 is 2.47 bits per heavy atom. The fourth-order valence-electron chi connectivity index (χ4n) is 3.68. The Morgan fingerprint density at radius 2 is 1.83 bits per heavy atom. The van der Waals surface area contributed by atoms with E-state index in [9.17, 15) is 9.90 Å². The molecule has 0 aliphatic heterocycles. The van der Waals surface area contributed by atoms with E-state index in [2.05, 4.69) is 33.9 Å². The minimum absolute atomic E-state index is 0.167. The molecule has 0 aliphatic carbocycles. The number of amides is 1. The van der Waals surface area contributed by atoms with Gasteiger partial charge in [-0.2, -0.15) is 0 Å². The van der Waals surface area contributed by atoms with Crippen LogP contribution in [0.4, 0.5) is 0 Å². The van der Waals surface area contributed by atoms with Gasteiger partial charge in [0.15, 0.2) is 0 Å². The van der Waals surface area contributed by atoms with E-state index >= 15 is 0 Å². The number of nitrogens with zero attached hydrogens (tertiary/aromatic N) is 2. The lowest BCUT2D eigenvalue weighted by molar-refractivity contribution is -0.117. The van der Waals surface area contributed by atoms with Crippen LogP contribution in [0.2, 0.25) is 0 Å². The molecule has 6 nitrogen and oxygen atoms in total. The van der Waals surface area contributed by atoms with E-state index in [4.69, 9.17) is 5.73 Å². The molecule has 0 aliphatic rings. The molecule has 2 aromatic heterocycles. The Hall–Kier alpha value is -2.96. The van der Waals surface area contributed by atoms with Gasteiger partial charge in [-0.05, 0) is 56.5 Å². The summed E-state index contributed by atoms with van der Waals surface area (Å²) in [6.07, 6.45) is 2.14. The summed E-state index contributed by atoms with van der Waals surface area (Å²) in [5, 5.41) is 13.9. The van der Waals surface area contributed by atoms with Gasteiger partial charge in [-0.15, -0.1) is 0 Å². The van der Waals surface area contributed by atoms with Gasteiger partial charge in [-0.25, -0.2) is 4.98 Å². The molecule has 3 rings (SSSR count). The topological polar surface area (TPSA) is 93.2 Å². The number of aliphatic hydroxyl groups is 1. The molecule has 30 heavy (non-hydrogen) atoms. The second-order valence-electron chi connectivity index (χ2n) is 7.89. The highest BCUT2D eigenvalue weighted by atomic mass is 16.3. The summed E-state index contributed by atoms with van der Waals surface area (Å²) in [7, 11) is 0. The van der Waals surface area contributed by atoms with Crippen molar-refractivity contribution in [1.82, 2.24) is 14.9 Å². The number of carbonyl (C=O) groups excluding carboxylic acids is 1. The molecule has 0 radical (unpaired) electrons. The van der Waals surface area contributed by atoms with Crippen molar-refractivity contribution in [3.63, 3.8) is 0 Å². The molecule has 0 saturated carbocycles. The molecule has 158 valence electrons. The number of aryl methyl sites for hydroxylation is 2. The molecule has 2 atom stereocenters. The highest BCUT2D eigenvalue weighted by Gasteiger charge is 2.12.